The average Bonchev–Trinajstić information content (AvgIpc) is 2.47. The summed E-state index contributed by atoms with van der Waals surface area (Å²) in [6.07, 6.45) is 1.88. The lowest BCUT2D eigenvalue weighted by Crippen LogP contribution is -2.09. The second-order valence-electron chi connectivity index (χ2n) is 2.99. The molecule has 0 amide bonds. The Labute approximate surface area is 84.8 Å². The van der Waals surface area contributed by atoms with Gasteiger partial charge in [0.25, 0.3) is 0 Å². The molecule has 0 bridgehead atoms. The van der Waals surface area contributed by atoms with E-state index in [-0.39, 0.29) is 5.82 Å². The molecule has 1 heterocycles. The van der Waals surface area contributed by atoms with Crippen molar-refractivity contribution in [1.82, 2.24) is 4.57 Å². The van der Waals surface area contributed by atoms with Crippen LogP contribution in [0, 0.1) is 18.2 Å². The molecule has 0 saturated heterocycles. The van der Waals surface area contributed by atoms with Crippen LogP contribution in [0.15, 0.2) is 30.5 Å². The van der Waals surface area contributed by atoms with E-state index < -0.39 is 0 Å². The number of aryl methyl sites for hydroxylation is 1. The van der Waals surface area contributed by atoms with Crippen molar-refractivity contribution in [3.8, 4) is 5.69 Å². The van der Waals surface area contributed by atoms with Crippen LogP contribution in [0.25, 0.3) is 5.69 Å². The van der Waals surface area contributed by atoms with E-state index in [4.69, 9.17) is 5.41 Å². The molecule has 0 aliphatic rings. The third-order valence-corrected chi connectivity index (χ3v) is 2.71. The van der Waals surface area contributed by atoms with Gasteiger partial charge in [-0.15, -0.1) is 11.3 Å². The summed E-state index contributed by atoms with van der Waals surface area (Å²) in [5, 5.41) is 7.67. The van der Waals surface area contributed by atoms with Crippen LogP contribution < -0.4 is 4.80 Å². The fourth-order valence-corrected chi connectivity index (χ4v) is 1.98. The van der Waals surface area contributed by atoms with Crippen molar-refractivity contribution >= 4 is 11.3 Å². The standard InChI is InChI=1S/C10H9FN2S/c1-7-6-13(10(12)14-7)9-4-2-8(11)3-5-9/h2-6,12H,1H3. The first-order chi connectivity index (χ1) is 6.66. The second-order valence-corrected chi connectivity index (χ2v) is 4.23. The van der Waals surface area contributed by atoms with Gasteiger partial charge in [0.15, 0.2) is 4.80 Å². The quantitative estimate of drug-likeness (QED) is 0.746. The van der Waals surface area contributed by atoms with Crippen LogP contribution in [0.5, 0.6) is 0 Å². The van der Waals surface area contributed by atoms with Crippen molar-refractivity contribution < 1.29 is 4.39 Å². The maximum absolute atomic E-state index is 12.7. The van der Waals surface area contributed by atoms with Crippen LogP contribution in [0.1, 0.15) is 4.88 Å². The van der Waals surface area contributed by atoms with E-state index in [0.717, 1.165) is 10.6 Å². The number of hydrogen-bond acceptors (Lipinski definition) is 2. The predicted octanol–water partition coefficient (Wildman–Crippen LogP) is 2.47. The van der Waals surface area contributed by atoms with E-state index in [1.165, 1.54) is 23.5 Å². The minimum absolute atomic E-state index is 0.257. The summed E-state index contributed by atoms with van der Waals surface area (Å²) in [5.74, 6) is -0.257. The number of aromatic nitrogens is 1. The molecule has 14 heavy (non-hydrogen) atoms. The summed E-state index contributed by atoms with van der Waals surface area (Å²) in [4.78, 5) is 1.52. The van der Waals surface area contributed by atoms with Crippen molar-refractivity contribution in [2.75, 3.05) is 0 Å². The van der Waals surface area contributed by atoms with Gasteiger partial charge in [-0.25, -0.2) is 4.39 Å². The van der Waals surface area contributed by atoms with Gasteiger partial charge < -0.3 is 0 Å². The van der Waals surface area contributed by atoms with Gasteiger partial charge in [-0.2, -0.15) is 0 Å². The Bertz CT molecular complexity index is 496. The highest BCUT2D eigenvalue weighted by molar-refractivity contribution is 7.09. The third-order valence-electron chi connectivity index (χ3n) is 1.89. The van der Waals surface area contributed by atoms with Crippen LogP contribution in [-0.4, -0.2) is 4.57 Å². The van der Waals surface area contributed by atoms with Crippen molar-refractivity contribution in [2.45, 2.75) is 6.92 Å². The molecule has 0 unspecified atom stereocenters. The van der Waals surface area contributed by atoms with Gasteiger partial charge >= 0.3 is 0 Å². The number of halogens is 1. The van der Waals surface area contributed by atoms with Gasteiger partial charge in [-0.1, -0.05) is 0 Å². The number of nitrogens with one attached hydrogen (secondary N) is 1. The minimum Gasteiger partial charge on any atom is -0.293 e. The molecule has 2 nitrogen and oxygen atoms in total. The molecule has 0 saturated carbocycles. The fraction of sp³-hybridized carbons (Fsp3) is 0.100. The molecule has 2 rings (SSSR count). The van der Waals surface area contributed by atoms with Gasteiger partial charge in [0, 0.05) is 16.8 Å². The molecule has 1 aromatic carbocycles. The highest BCUT2D eigenvalue weighted by Crippen LogP contribution is 2.10. The molecule has 0 aliphatic heterocycles. The SMILES string of the molecule is Cc1cn(-c2ccc(F)cc2)c(=N)s1. The number of thiazole rings is 1. The Morgan fingerprint density at radius 2 is 1.93 bits per heavy atom. The van der Waals surface area contributed by atoms with Crippen LogP contribution in [-0.2, 0) is 0 Å². The monoisotopic (exact) mass is 208 g/mol. The Hall–Kier alpha value is -1.42. The zero-order valence-corrected chi connectivity index (χ0v) is 8.44. The second kappa shape index (κ2) is 3.38. The molecule has 0 spiro atoms. The van der Waals surface area contributed by atoms with E-state index in [1.807, 2.05) is 13.1 Å². The highest BCUT2D eigenvalue weighted by atomic mass is 32.1. The Morgan fingerprint density at radius 1 is 1.29 bits per heavy atom. The summed E-state index contributed by atoms with van der Waals surface area (Å²) in [5.41, 5.74) is 0.820. The minimum atomic E-state index is -0.257. The van der Waals surface area contributed by atoms with Crippen LogP contribution in [0.3, 0.4) is 0 Å². The third kappa shape index (κ3) is 1.61. The lowest BCUT2D eigenvalue weighted by molar-refractivity contribution is 0.627. The Kier molecular flexibility index (Phi) is 2.21. The smallest absolute Gasteiger partial charge is 0.186 e. The molecular formula is C10H9FN2S. The van der Waals surface area contributed by atoms with Gasteiger partial charge in [0.2, 0.25) is 0 Å². The lowest BCUT2D eigenvalue weighted by Gasteiger charge is -2.00. The Morgan fingerprint density at radius 3 is 2.43 bits per heavy atom. The normalized spacial score (nSPS) is 10.4. The van der Waals surface area contributed by atoms with Gasteiger partial charge in [-0.05, 0) is 31.2 Å². The van der Waals surface area contributed by atoms with E-state index in [0.29, 0.717) is 4.80 Å². The molecule has 1 N–H and O–H groups in total. The Balaban J connectivity index is 2.54. The first-order valence-corrected chi connectivity index (χ1v) is 4.98. The van der Waals surface area contributed by atoms with Gasteiger partial charge in [0.1, 0.15) is 5.82 Å². The van der Waals surface area contributed by atoms with Crippen molar-refractivity contribution in [3.05, 3.63) is 46.0 Å². The van der Waals surface area contributed by atoms with Crippen LogP contribution in [0.4, 0.5) is 4.39 Å². The van der Waals surface area contributed by atoms with Gasteiger partial charge in [0.05, 0.1) is 0 Å². The summed E-state index contributed by atoms with van der Waals surface area (Å²) in [6.45, 7) is 1.95. The van der Waals surface area contributed by atoms with Crippen LogP contribution >= 0.6 is 11.3 Å². The fourth-order valence-electron chi connectivity index (χ4n) is 1.26. The molecule has 2 aromatic rings. The van der Waals surface area contributed by atoms with E-state index >= 15 is 0 Å². The van der Waals surface area contributed by atoms with E-state index in [9.17, 15) is 4.39 Å². The molecule has 0 aliphatic carbocycles. The molecule has 0 atom stereocenters. The number of rotatable bonds is 1. The number of hydrogen-bond donors (Lipinski definition) is 1. The van der Waals surface area contributed by atoms with Gasteiger partial charge in [-0.3, -0.25) is 9.98 Å². The molecule has 0 radical (unpaired) electrons. The average molecular weight is 208 g/mol. The predicted molar refractivity (Wildman–Crippen MR) is 54.2 cm³/mol. The maximum atomic E-state index is 12.7. The van der Waals surface area contributed by atoms with E-state index in [1.54, 1.807) is 16.7 Å². The van der Waals surface area contributed by atoms with Crippen molar-refractivity contribution in [3.63, 3.8) is 0 Å². The van der Waals surface area contributed by atoms with Crippen molar-refractivity contribution in [1.29, 1.82) is 5.41 Å². The molecule has 72 valence electrons. The summed E-state index contributed by atoms with van der Waals surface area (Å²) < 4.78 is 14.4. The summed E-state index contributed by atoms with van der Waals surface area (Å²) >= 11 is 1.40. The van der Waals surface area contributed by atoms with Crippen LogP contribution in [0.2, 0.25) is 0 Å². The molecule has 1 aromatic heterocycles. The molecular weight excluding hydrogens is 199 g/mol. The largest absolute Gasteiger partial charge is 0.293 e. The number of benzene rings is 1. The zero-order valence-electron chi connectivity index (χ0n) is 7.62. The first kappa shape index (κ1) is 9.15. The number of nitrogens with zero attached hydrogens (tertiary/aromatic N) is 1. The van der Waals surface area contributed by atoms with E-state index in [2.05, 4.69) is 0 Å². The molecule has 0 fully saturated rings. The molecule has 4 heteroatoms. The topological polar surface area (TPSA) is 28.8 Å². The summed E-state index contributed by atoms with van der Waals surface area (Å²) in [6, 6.07) is 6.13. The van der Waals surface area contributed by atoms with Crippen molar-refractivity contribution in [2.24, 2.45) is 0 Å². The summed E-state index contributed by atoms with van der Waals surface area (Å²) in [7, 11) is 0. The lowest BCUT2D eigenvalue weighted by atomic mass is 10.3. The first-order valence-electron chi connectivity index (χ1n) is 4.16. The maximum Gasteiger partial charge on any atom is 0.186 e. The zero-order chi connectivity index (χ0) is 10.1. The highest BCUT2D eigenvalue weighted by Gasteiger charge is 2.00.